The van der Waals surface area contributed by atoms with Crippen LogP contribution in [0, 0.1) is 5.82 Å². The van der Waals surface area contributed by atoms with Crippen LogP contribution in [0.3, 0.4) is 0 Å². The van der Waals surface area contributed by atoms with Gasteiger partial charge in [-0.2, -0.15) is 0 Å². The number of rotatable bonds is 6. The van der Waals surface area contributed by atoms with Crippen LogP contribution in [0.15, 0.2) is 42.5 Å². The number of phenolic OH excluding ortho intramolecular Hbond substituents is 1. The van der Waals surface area contributed by atoms with E-state index in [9.17, 15) is 23.9 Å². The molecule has 0 spiro atoms. The zero-order valence-electron chi connectivity index (χ0n) is 19.4. The van der Waals surface area contributed by atoms with Gasteiger partial charge in [0.15, 0.2) is 0 Å². The van der Waals surface area contributed by atoms with Crippen molar-refractivity contribution in [2.24, 2.45) is 0 Å². The third-order valence-corrected chi connectivity index (χ3v) is 6.33. The van der Waals surface area contributed by atoms with E-state index in [1.165, 1.54) is 28.1 Å². The number of phenols is 1. The summed E-state index contributed by atoms with van der Waals surface area (Å²) < 4.78 is 14.2. The number of halogens is 1. The summed E-state index contributed by atoms with van der Waals surface area (Å²) in [7, 11) is 5.14. The molecular weight excluding hydrogens is 441 g/mol. The summed E-state index contributed by atoms with van der Waals surface area (Å²) >= 11 is 0. The van der Waals surface area contributed by atoms with Crippen molar-refractivity contribution < 1.29 is 23.9 Å². The highest BCUT2D eigenvalue weighted by Crippen LogP contribution is 2.29. The largest absolute Gasteiger partial charge is 0.508 e. The number of carbonyl (C=O) groups is 3. The fraction of sp³-hybridized carbons (Fsp3) is 0.375. The van der Waals surface area contributed by atoms with E-state index < -0.39 is 12.2 Å². The Kier molecular flexibility index (Phi) is 6.43. The number of carbonyl (C=O) groups excluding carboxylic acids is 3. The molecule has 0 bridgehead atoms. The summed E-state index contributed by atoms with van der Waals surface area (Å²) in [5.74, 6) is -0.737. The number of anilines is 1. The molecule has 1 unspecified atom stereocenters. The molecule has 0 saturated carbocycles. The number of likely N-dealkylation sites (N-methyl/N-ethyl adjacent to an activating group) is 1. The van der Waals surface area contributed by atoms with Crippen LogP contribution in [-0.2, 0) is 27.3 Å². The Bertz CT molecular complexity index is 1090. The maximum Gasteiger partial charge on any atom is 0.246 e. The highest BCUT2D eigenvalue weighted by Gasteiger charge is 2.48. The Morgan fingerprint density at radius 1 is 1.12 bits per heavy atom. The number of hydrogen-bond acceptors (Lipinski definition) is 6. The number of nitrogens with zero attached hydrogens (tertiary/aromatic N) is 5. The predicted octanol–water partition coefficient (Wildman–Crippen LogP) is 1.02. The van der Waals surface area contributed by atoms with E-state index in [0.29, 0.717) is 12.1 Å². The number of hydrogen-bond donors (Lipinski definition) is 1. The van der Waals surface area contributed by atoms with E-state index in [1.54, 1.807) is 60.2 Å². The number of benzene rings is 2. The van der Waals surface area contributed by atoms with Gasteiger partial charge in [-0.25, -0.2) is 9.40 Å². The van der Waals surface area contributed by atoms with Crippen molar-refractivity contribution in [2.75, 3.05) is 39.1 Å². The van der Waals surface area contributed by atoms with E-state index >= 15 is 0 Å². The molecule has 2 aromatic carbocycles. The van der Waals surface area contributed by atoms with Crippen molar-refractivity contribution >= 4 is 23.9 Å². The third kappa shape index (κ3) is 4.41. The number of fused-ring (bicyclic) bond motifs is 1. The minimum Gasteiger partial charge on any atom is -0.508 e. The molecule has 2 heterocycles. The lowest BCUT2D eigenvalue weighted by molar-refractivity contribution is -0.196. The van der Waals surface area contributed by atoms with Crippen LogP contribution >= 0.6 is 0 Å². The summed E-state index contributed by atoms with van der Waals surface area (Å²) in [5.41, 5.74) is 1.92. The molecule has 180 valence electrons. The van der Waals surface area contributed by atoms with Crippen LogP contribution in [0.25, 0.3) is 0 Å². The van der Waals surface area contributed by atoms with Gasteiger partial charge >= 0.3 is 0 Å². The first-order valence-corrected chi connectivity index (χ1v) is 11.0. The lowest BCUT2D eigenvalue weighted by Crippen LogP contribution is -2.74. The minimum absolute atomic E-state index is 0.0151. The number of amides is 3. The average molecular weight is 470 g/mol. The van der Waals surface area contributed by atoms with Crippen molar-refractivity contribution in [3.8, 4) is 5.75 Å². The number of hydrazine groups is 1. The minimum atomic E-state index is -0.819. The van der Waals surface area contributed by atoms with Crippen LogP contribution in [0.4, 0.5) is 10.1 Å². The van der Waals surface area contributed by atoms with Gasteiger partial charge in [-0.1, -0.05) is 18.2 Å². The summed E-state index contributed by atoms with van der Waals surface area (Å²) in [6, 6.07) is 10.4. The van der Waals surface area contributed by atoms with Crippen LogP contribution < -0.4 is 4.90 Å². The molecule has 0 radical (unpaired) electrons. The first-order chi connectivity index (χ1) is 16.2. The highest BCUT2D eigenvalue weighted by atomic mass is 19.1. The Morgan fingerprint density at radius 3 is 2.44 bits per heavy atom. The fourth-order valence-electron chi connectivity index (χ4n) is 4.60. The molecular formula is C24H28FN5O4. The van der Waals surface area contributed by atoms with Crippen LogP contribution in [0.1, 0.15) is 11.1 Å². The Morgan fingerprint density at radius 2 is 1.79 bits per heavy atom. The van der Waals surface area contributed by atoms with E-state index in [1.807, 2.05) is 0 Å². The van der Waals surface area contributed by atoms with E-state index in [0.717, 1.165) is 11.1 Å². The molecule has 2 fully saturated rings. The maximum atomic E-state index is 14.2. The molecule has 1 N–H and O–H groups in total. The zero-order chi connectivity index (χ0) is 24.6. The normalized spacial score (nSPS) is 21.0. The second-order valence-corrected chi connectivity index (χ2v) is 8.87. The van der Waals surface area contributed by atoms with Crippen molar-refractivity contribution in [3.05, 3.63) is 59.4 Å². The quantitative estimate of drug-likeness (QED) is 0.636. The first-order valence-electron chi connectivity index (χ1n) is 11.0. The van der Waals surface area contributed by atoms with Crippen molar-refractivity contribution in [2.45, 2.75) is 25.2 Å². The monoisotopic (exact) mass is 469 g/mol. The molecule has 2 atom stereocenters. The number of aromatic hydroxyl groups is 1. The van der Waals surface area contributed by atoms with E-state index in [-0.39, 0.29) is 49.4 Å². The van der Waals surface area contributed by atoms with Gasteiger partial charge in [-0.05, 0) is 35.4 Å². The molecule has 9 nitrogen and oxygen atoms in total. The summed E-state index contributed by atoms with van der Waals surface area (Å²) in [4.78, 5) is 43.3. The molecule has 0 aromatic heterocycles. The molecule has 10 heteroatoms. The molecule has 2 aliphatic heterocycles. The molecule has 2 saturated heterocycles. The topological polar surface area (TPSA) is 87.6 Å². The molecule has 3 amide bonds. The lowest BCUT2D eigenvalue weighted by Gasteiger charge is -2.53. The van der Waals surface area contributed by atoms with Crippen LogP contribution in [0.5, 0.6) is 5.75 Å². The summed E-state index contributed by atoms with van der Waals surface area (Å²) in [6.45, 7) is 0.328. The second-order valence-electron chi connectivity index (χ2n) is 8.87. The van der Waals surface area contributed by atoms with E-state index in [4.69, 9.17) is 0 Å². The van der Waals surface area contributed by atoms with Gasteiger partial charge in [0.25, 0.3) is 0 Å². The Balaban J connectivity index is 1.68. The van der Waals surface area contributed by atoms with Gasteiger partial charge in [-0.3, -0.25) is 19.4 Å². The van der Waals surface area contributed by atoms with Crippen molar-refractivity contribution in [1.29, 1.82) is 0 Å². The molecule has 0 aliphatic carbocycles. The second kappa shape index (κ2) is 9.30. The lowest BCUT2D eigenvalue weighted by atomic mass is 9.98. The average Bonchev–Trinajstić information content (AvgIpc) is 2.79. The number of piperazine rings is 1. The van der Waals surface area contributed by atoms with Crippen LogP contribution in [-0.4, -0.2) is 89.6 Å². The molecule has 34 heavy (non-hydrogen) atoms. The van der Waals surface area contributed by atoms with Crippen molar-refractivity contribution in [1.82, 2.24) is 19.8 Å². The molecule has 2 aliphatic rings. The van der Waals surface area contributed by atoms with Gasteiger partial charge in [0, 0.05) is 34.1 Å². The standard InChI is InChI=1S/C24H28FN5O4/c1-26(2)20-11-17(6-9-19(20)25)12-28-13-22-29(15-31)27(3)14-23(33)30(22)21(24(28)34)10-16-4-7-18(32)8-5-16/h4-9,11,15,21-22,32H,10,12-14H2,1-3H3/t21-,22?/m0/s1. The van der Waals surface area contributed by atoms with Gasteiger partial charge in [0.05, 0.1) is 18.8 Å². The van der Waals surface area contributed by atoms with Crippen LogP contribution in [0.2, 0.25) is 0 Å². The summed E-state index contributed by atoms with van der Waals surface area (Å²) in [6.07, 6.45) is 0.246. The zero-order valence-corrected chi connectivity index (χ0v) is 19.4. The maximum absolute atomic E-state index is 14.2. The first kappa shape index (κ1) is 23.5. The van der Waals surface area contributed by atoms with Gasteiger partial charge in [0.1, 0.15) is 23.8 Å². The van der Waals surface area contributed by atoms with E-state index in [2.05, 4.69) is 0 Å². The van der Waals surface area contributed by atoms with Crippen molar-refractivity contribution in [3.63, 3.8) is 0 Å². The Labute approximate surface area is 197 Å². The summed E-state index contributed by atoms with van der Waals surface area (Å²) in [5, 5.41) is 12.6. The van der Waals surface area contributed by atoms with Gasteiger partial charge in [0.2, 0.25) is 18.2 Å². The smallest absolute Gasteiger partial charge is 0.246 e. The Hall–Kier alpha value is -3.66. The SMILES string of the molecule is CN(C)c1cc(CN2CC3N(C(=O)CN(C)N3C=O)[C@@H](Cc3ccc(O)cc3)C2=O)ccc1F. The highest BCUT2D eigenvalue weighted by molar-refractivity contribution is 5.91. The fourth-order valence-corrected chi connectivity index (χ4v) is 4.60. The molecule has 2 aromatic rings. The van der Waals surface area contributed by atoms with Gasteiger partial charge in [-0.15, -0.1) is 0 Å². The molecule has 4 rings (SSSR count). The third-order valence-electron chi connectivity index (χ3n) is 6.33. The predicted molar refractivity (Wildman–Crippen MR) is 123 cm³/mol. The van der Waals surface area contributed by atoms with Gasteiger partial charge < -0.3 is 19.8 Å².